The van der Waals surface area contributed by atoms with E-state index in [1.165, 1.54) is 74.2 Å². The number of likely N-dealkylation sites (tertiary alicyclic amines) is 2. The molecule has 0 saturated carbocycles. The molecule has 6 aliphatic heterocycles. The Kier molecular flexibility index (Phi) is 67.2. The van der Waals surface area contributed by atoms with Crippen molar-refractivity contribution in [3.63, 3.8) is 0 Å². The molecule has 6 aliphatic rings. The third-order valence-electron chi connectivity index (χ3n) is 21.8. The number of carbonyl (C=O) groups is 15. The molecule has 13 atom stereocenters. The number of rotatable bonds is 29. The third kappa shape index (κ3) is 45.0. The number of aliphatic carboxylic acids is 3. The molecule has 6 heterocycles. The Labute approximate surface area is 976 Å². The van der Waals surface area contributed by atoms with E-state index >= 15 is 0 Å². The molecule has 6 unspecified atom stereocenters. The molecule has 5 radical (unpaired) electrons. The van der Waals surface area contributed by atoms with Gasteiger partial charge in [0.1, 0.15) is 52.6 Å². The summed E-state index contributed by atoms with van der Waals surface area (Å²) in [6.07, 6.45) is 4.60. The van der Waals surface area contributed by atoms with E-state index in [-0.39, 0.29) is 346 Å². The van der Waals surface area contributed by atoms with Crippen LogP contribution in [0.4, 0.5) is 11.4 Å². The van der Waals surface area contributed by atoms with Crippen molar-refractivity contribution < 1.29 is 274 Å². The number of para-hydroxylation sites is 2. The SMILES string of the molecule is C.C.C=C(O)C[C@@H](C)NC(=O)[C@@H]1CCCN1C(=O)[C@@H](NC(=O)c1ccc([NH-])c(Cl)c1)C(C)(C)C.C=C(O)C[C@@H](C)NC(=O)[C@@H]1CCCN2C(=O)CC[C@H]([NH-])C(=O)N12.CC.CC(CC(=O)O)NC(=O)C1CCCN1C(=O)C(NC(=O)c1ccc([NH-])c(Cl)c1)C(C)(C)C.CC(CC(=O)O)NC(=O)C1CCCN2C(=O)CCC([NH-])C(=O)N12.C[C@H](CC(=O)O)NS(=O)(=O)c1ccccc1Oc1ccccc1.[CH3-].[Y].[Y].[Y].[Y].[Y]. The maximum Gasteiger partial charge on any atom is 0.305 e. The number of halogens is 2. The van der Waals surface area contributed by atoms with Crippen LogP contribution in [0.2, 0.25) is 10.0 Å². The second-order valence-electron chi connectivity index (χ2n) is 35.6. The predicted octanol–water partition coefficient (Wildman–Crippen LogP) is 13.4. The minimum atomic E-state index is -3.89. The summed E-state index contributed by atoms with van der Waals surface area (Å²) in [5, 5.41) is 66.4. The van der Waals surface area contributed by atoms with Crippen LogP contribution in [-0.2, 0) is 236 Å². The third-order valence-corrected chi connectivity index (χ3v) is 24.0. The Hall–Kier alpha value is -6.66. The van der Waals surface area contributed by atoms with E-state index in [1.54, 1.807) is 70.2 Å². The van der Waals surface area contributed by atoms with Crippen molar-refractivity contribution in [1.29, 1.82) is 0 Å². The molecule has 0 bridgehead atoms. The van der Waals surface area contributed by atoms with Gasteiger partial charge in [-0.15, -0.1) is 11.4 Å². The molecule has 0 aromatic heterocycles. The van der Waals surface area contributed by atoms with Crippen LogP contribution in [0.25, 0.3) is 22.9 Å². The number of aliphatic hydroxyl groups is 2. The second kappa shape index (κ2) is 67.4. The summed E-state index contributed by atoms with van der Waals surface area (Å²) in [4.78, 5) is 187. The van der Waals surface area contributed by atoms with Crippen molar-refractivity contribution >= 4 is 133 Å². The molecule has 12 amide bonds. The fourth-order valence-electron chi connectivity index (χ4n) is 15.3. The zero-order chi connectivity index (χ0) is 102. The van der Waals surface area contributed by atoms with Crippen LogP contribution in [0.15, 0.2) is 121 Å². The summed E-state index contributed by atoms with van der Waals surface area (Å²) in [7, 11) is -3.89. The van der Waals surface area contributed by atoms with Crippen molar-refractivity contribution in [3.8, 4) is 11.5 Å². The molecular weight excluding hydrogens is 2290 g/mol. The van der Waals surface area contributed by atoms with Gasteiger partial charge in [-0.1, -0.05) is 186 Å². The van der Waals surface area contributed by atoms with Crippen molar-refractivity contribution in [2.45, 2.75) is 297 Å². The van der Waals surface area contributed by atoms with E-state index in [0.29, 0.717) is 83.3 Å². The average molecular weight is 2440 g/mol. The summed E-state index contributed by atoms with van der Waals surface area (Å²) in [6, 6.07) is 14.1. The van der Waals surface area contributed by atoms with Crippen molar-refractivity contribution in [1.82, 2.24) is 66.5 Å². The summed E-state index contributed by atoms with van der Waals surface area (Å²) in [5.41, 5.74) is 30.4. The van der Waals surface area contributed by atoms with E-state index in [0.717, 1.165) is 5.01 Å². The van der Waals surface area contributed by atoms with Gasteiger partial charge >= 0.3 is 17.9 Å². The van der Waals surface area contributed by atoms with Crippen molar-refractivity contribution in [2.75, 3.05) is 26.2 Å². The van der Waals surface area contributed by atoms with Gasteiger partial charge in [-0.3, -0.25) is 81.9 Å². The summed E-state index contributed by atoms with van der Waals surface area (Å²) in [5.74, 6) is -7.28. The topological polar surface area (TPSA) is 599 Å². The number of hydrogen-bond donors (Lipinski definition) is 12. The summed E-state index contributed by atoms with van der Waals surface area (Å²) >= 11 is 11.9. The number of aliphatic hydroxyl groups excluding tert-OH is 2. The number of nitrogens with zero attached hydrogens (tertiary/aromatic N) is 6. The van der Waals surface area contributed by atoms with Gasteiger partial charge in [0.2, 0.25) is 69.1 Å². The molecule has 48 heteroatoms. The van der Waals surface area contributed by atoms with Crippen molar-refractivity contribution in [2.24, 2.45) is 10.8 Å². The number of sulfonamides is 1. The number of hydrazine groups is 2. The number of carboxylic acid groups (broad SMARTS) is 3. The van der Waals surface area contributed by atoms with Gasteiger partial charge in [0.05, 0.1) is 30.8 Å². The first-order valence-electron chi connectivity index (χ1n) is 44.5. The number of benzene rings is 4. The largest absolute Gasteiger partial charge is 0.698 e. The van der Waals surface area contributed by atoms with Gasteiger partial charge in [0.25, 0.3) is 11.8 Å². The van der Waals surface area contributed by atoms with Crippen LogP contribution >= 0.6 is 23.2 Å². The monoisotopic (exact) mass is 2430 g/mol. The number of carbonyl (C=O) groups excluding carboxylic acids is 12. The molecule has 0 spiro atoms. The summed E-state index contributed by atoms with van der Waals surface area (Å²) in [6.45, 7) is 31.5. The number of ether oxygens (including phenoxy) is 1. The van der Waals surface area contributed by atoms with Crippen molar-refractivity contribution in [3.05, 3.63) is 167 Å². The minimum Gasteiger partial charge on any atom is -0.698 e. The van der Waals surface area contributed by atoms with Crippen LogP contribution in [0, 0.1) is 18.3 Å². The van der Waals surface area contributed by atoms with Crippen LogP contribution in [0.1, 0.15) is 235 Å². The molecule has 6 saturated heterocycles. The standard InChI is InChI=1S/C23H33ClN4O4.C22H31ClN4O5.C16H17NO5S.C15H23N4O4.C14H21N4O5.C2H6.2CH4.CH3.5Y/c1-13(11-14(2)29)26-21(31)18-7-6-10-28(18)22(32)19(23(3,4)5)27-20(30)15-8-9-17(25)16(24)12-15;1-12(10-17(28)29)25-20(31)16-6-5-9-27(16)21(32)18(22(2,3)4)26-19(30)13-7-8-15(24)14(23)11-13;1-12(11-16(18)19)17-23(20,21)15-10-6-5-9-14(15)22-13-7-3-2-4-8-13;1-9(8-10(2)20)17-14(22)12-4-3-7-18-13(21)6-5-11(16)15(23)19(12)18;1-8(7-12(20)21)16-13(22)10-3-2-6-17-11(19)5-4-9(15)14(23)18(10)17;1-2;;;;;;;;/h8-9,12-13,18-19H,2,6-7,10-11H2,1,3-5H3,(H5,25,26,27,29,30,31);7-8,11-12,16,18H,5-6,9-10H2,1-4H3,(H5,24,25,26,28,29,30,31);2-10,12,17H,11H2,1H3,(H,18,19);9,11-12,16,20H,2-8H2,1H3,(H,17,22);8-10,15H,2-7H2,1H3,(H,16,22)(H,20,21);1-2H3;2*1H4;1H3;;;;;/q;;;2*-1;;;;-1;;;;;/p-2/t13-,18+,19-;;12-;9-,11+,12+;;;;;;;;;;/m1.11........../s1. The van der Waals surface area contributed by atoms with E-state index in [2.05, 4.69) is 49.8 Å². The van der Waals surface area contributed by atoms with Gasteiger partial charge in [-0.2, -0.15) is 0 Å². The van der Waals surface area contributed by atoms with E-state index in [4.69, 9.17) is 66.2 Å². The molecule has 4 aromatic rings. The first kappa shape index (κ1) is 143. The fourth-order valence-corrected chi connectivity index (χ4v) is 17.0. The number of amides is 12. The molecule has 6 fully saturated rings. The van der Waals surface area contributed by atoms with E-state index < -0.39 is 141 Å². The fraction of sp³-hybridized carbons (Fsp3) is 0.537. The van der Waals surface area contributed by atoms with E-state index in [9.17, 15) is 90.5 Å². The number of carboxylic acids is 3. The minimum absolute atomic E-state index is 0. The van der Waals surface area contributed by atoms with Crippen LogP contribution in [0.5, 0.6) is 11.5 Å². The number of hydrogen-bond acceptors (Lipinski definition) is 20. The Morgan fingerprint density at radius 3 is 1.09 bits per heavy atom. The first-order valence-corrected chi connectivity index (χ1v) is 46.7. The first-order chi connectivity index (χ1) is 63.1. The maximum absolute atomic E-state index is 13.5. The van der Waals surface area contributed by atoms with Crippen LogP contribution in [-0.4, -0.2) is 257 Å². The maximum atomic E-state index is 13.5. The molecule has 4 aromatic carbocycles. The Bertz CT molecular complexity index is 4820. The number of fused-ring (bicyclic) bond motifs is 2. The van der Waals surface area contributed by atoms with E-state index in [1.807, 2.05) is 61.5 Å². The molecule has 0 aliphatic carbocycles. The van der Waals surface area contributed by atoms with Crippen LogP contribution < -0.4 is 41.4 Å². The van der Waals surface area contributed by atoms with Gasteiger partial charge < -0.3 is 102 Å². The summed E-state index contributed by atoms with van der Waals surface area (Å²) < 4.78 is 32.9. The van der Waals surface area contributed by atoms with Gasteiger partial charge in [0.15, 0.2) is 0 Å². The molecule has 40 nitrogen and oxygen atoms in total. The Morgan fingerprint density at radius 1 is 0.455 bits per heavy atom. The normalized spacial score (nSPS) is 18.6. The van der Waals surface area contributed by atoms with Gasteiger partial charge in [-0.05, 0) is 133 Å². The smallest absolute Gasteiger partial charge is 0.305 e. The molecule has 783 valence electrons. The Morgan fingerprint density at radius 2 is 0.762 bits per heavy atom. The Balaban J connectivity index is -0.000000835. The molecular formula is C95H140Cl2N17O23SY5-5. The van der Waals surface area contributed by atoms with Gasteiger partial charge in [0, 0.05) is 267 Å². The molecule has 16 N–H and O–H groups in total. The average Bonchev–Trinajstić information content (AvgIpc) is 1.61. The second-order valence-corrected chi connectivity index (χ2v) is 38.1. The van der Waals surface area contributed by atoms with Gasteiger partial charge in [-0.25, -0.2) is 23.2 Å². The number of nitrogens with one attached hydrogen (secondary N) is 11. The molecule has 143 heavy (non-hydrogen) atoms. The molecule has 10 rings (SSSR count). The predicted molar refractivity (Wildman–Crippen MR) is 524 cm³/mol. The zero-order valence-electron chi connectivity index (χ0n) is 82.2. The van der Waals surface area contributed by atoms with Crippen LogP contribution in [0.3, 0.4) is 0 Å². The quantitative estimate of drug-likeness (QED) is 0.0177. The zero-order valence-corrected chi connectivity index (χ0v) is 98.8.